The van der Waals surface area contributed by atoms with Crippen LogP contribution in [0, 0.1) is 10.1 Å². The van der Waals surface area contributed by atoms with Gasteiger partial charge in [-0.2, -0.15) is 9.40 Å². The Hall–Kier alpha value is -4.43. The van der Waals surface area contributed by atoms with Gasteiger partial charge >= 0.3 is 0 Å². The summed E-state index contributed by atoms with van der Waals surface area (Å²) < 4.78 is 29.5. The van der Waals surface area contributed by atoms with Gasteiger partial charge in [-0.3, -0.25) is 24.3 Å². The molecule has 13 nitrogen and oxygen atoms in total. The van der Waals surface area contributed by atoms with Gasteiger partial charge in [0.1, 0.15) is 11.7 Å². The first-order valence-corrected chi connectivity index (χ1v) is 13.6. The van der Waals surface area contributed by atoms with Crippen LogP contribution in [-0.2, 0) is 23.1 Å². The highest BCUT2D eigenvalue weighted by atomic mass is 32.2. The summed E-state index contributed by atoms with van der Waals surface area (Å²) in [6.45, 7) is 4.87. The molecule has 0 fully saturated rings. The summed E-state index contributed by atoms with van der Waals surface area (Å²) in [5.41, 5.74) is 1.03. The van der Waals surface area contributed by atoms with E-state index in [0.717, 1.165) is 0 Å². The molecule has 2 aromatic heterocycles. The number of aromatic nitrogens is 4. The Labute approximate surface area is 223 Å². The molecule has 2 heterocycles. The minimum atomic E-state index is -3.61. The number of rotatable bonds is 11. The first kappa shape index (κ1) is 27.6. The van der Waals surface area contributed by atoms with Crippen LogP contribution < -0.4 is 10.9 Å². The fraction of sp³-hybridized carbons (Fsp3) is 0.280. The highest BCUT2D eigenvalue weighted by Crippen LogP contribution is 2.16. The van der Waals surface area contributed by atoms with E-state index in [1.54, 1.807) is 26.0 Å². The van der Waals surface area contributed by atoms with Gasteiger partial charge in [-0.05, 0) is 29.8 Å². The van der Waals surface area contributed by atoms with Crippen molar-refractivity contribution in [2.45, 2.75) is 31.8 Å². The van der Waals surface area contributed by atoms with Gasteiger partial charge in [0.2, 0.25) is 10.0 Å². The highest BCUT2D eigenvalue weighted by molar-refractivity contribution is 7.89. The van der Waals surface area contributed by atoms with Crippen LogP contribution in [0.2, 0.25) is 0 Å². The fourth-order valence-electron chi connectivity index (χ4n) is 4.06. The van der Waals surface area contributed by atoms with Gasteiger partial charge in [0.25, 0.3) is 17.2 Å². The Morgan fingerprint density at radius 3 is 2.36 bits per heavy atom. The molecule has 1 amide bonds. The van der Waals surface area contributed by atoms with Crippen molar-refractivity contribution in [1.29, 1.82) is 0 Å². The average Bonchev–Trinajstić information content (AvgIpc) is 3.34. The summed E-state index contributed by atoms with van der Waals surface area (Å²) in [5.74, 6) is -0.378. The number of amides is 1. The van der Waals surface area contributed by atoms with E-state index in [0.29, 0.717) is 35.2 Å². The molecular weight excluding hydrogens is 526 g/mol. The minimum Gasteiger partial charge on any atom is -0.350 e. The number of hydrogen-bond acceptors (Lipinski definition) is 8. The van der Waals surface area contributed by atoms with Crippen LogP contribution in [0.15, 0.2) is 70.7 Å². The molecule has 4 rings (SSSR count). The van der Waals surface area contributed by atoms with Gasteiger partial charge in [0.15, 0.2) is 5.65 Å². The van der Waals surface area contributed by atoms with E-state index in [9.17, 15) is 28.1 Å². The number of nitrogens with one attached hydrogen (secondary N) is 1. The van der Waals surface area contributed by atoms with Gasteiger partial charge in [-0.1, -0.05) is 26.0 Å². The summed E-state index contributed by atoms with van der Waals surface area (Å²) >= 11 is 0. The highest BCUT2D eigenvalue weighted by Gasteiger charge is 2.21. The summed E-state index contributed by atoms with van der Waals surface area (Å²) in [6, 6.07) is 11.7. The van der Waals surface area contributed by atoms with Crippen LogP contribution >= 0.6 is 0 Å². The number of carbonyl (C=O) groups is 1. The molecule has 14 heteroatoms. The standard InChI is InChI=1S/C25H27N7O6S/c1-3-30(4-2)39(37,38)21-11-7-19(8-12-21)24(33)26-13-14-31-23-22(15-28-31)25(34)29(17-27-23)16-18-5-9-20(10-6-18)32(35)36/h5-12,15,17H,3-4,13-14,16H2,1-2H3,(H,26,33). The molecule has 0 saturated heterocycles. The molecular formula is C25H27N7O6S. The lowest BCUT2D eigenvalue weighted by atomic mass is 10.2. The smallest absolute Gasteiger partial charge is 0.269 e. The zero-order valence-corrected chi connectivity index (χ0v) is 22.2. The summed E-state index contributed by atoms with van der Waals surface area (Å²) in [7, 11) is -3.61. The van der Waals surface area contributed by atoms with Crippen molar-refractivity contribution in [1.82, 2.24) is 29.0 Å². The second-order valence-electron chi connectivity index (χ2n) is 8.58. The second kappa shape index (κ2) is 11.5. The van der Waals surface area contributed by atoms with Gasteiger partial charge in [0.05, 0.1) is 29.1 Å². The molecule has 0 spiro atoms. The van der Waals surface area contributed by atoms with Crippen molar-refractivity contribution in [2.75, 3.05) is 19.6 Å². The molecule has 0 radical (unpaired) electrons. The monoisotopic (exact) mass is 553 g/mol. The van der Waals surface area contributed by atoms with Gasteiger partial charge in [-0.25, -0.2) is 18.1 Å². The van der Waals surface area contributed by atoms with Crippen LogP contribution in [-0.4, -0.2) is 62.5 Å². The Balaban J connectivity index is 1.39. The lowest BCUT2D eigenvalue weighted by molar-refractivity contribution is -0.384. The van der Waals surface area contributed by atoms with Crippen molar-refractivity contribution < 1.29 is 18.1 Å². The van der Waals surface area contributed by atoms with Crippen molar-refractivity contribution >= 4 is 32.7 Å². The number of sulfonamides is 1. The first-order valence-electron chi connectivity index (χ1n) is 12.2. The van der Waals surface area contributed by atoms with Crippen molar-refractivity contribution in [3.63, 3.8) is 0 Å². The molecule has 0 saturated carbocycles. The van der Waals surface area contributed by atoms with Crippen molar-refractivity contribution in [2.24, 2.45) is 0 Å². The SMILES string of the molecule is CCN(CC)S(=O)(=O)c1ccc(C(=O)NCCn2ncc3c(=O)n(Cc4ccc([N+](=O)[O-])cc4)cnc32)cc1. The lowest BCUT2D eigenvalue weighted by Gasteiger charge is -2.18. The molecule has 4 aromatic rings. The number of nitro groups is 1. The number of nitrogens with zero attached hydrogens (tertiary/aromatic N) is 6. The predicted molar refractivity (Wildman–Crippen MR) is 143 cm³/mol. The number of fused-ring (bicyclic) bond motifs is 1. The van der Waals surface area contributed by atoms with E-state index < -0.39 is 14.9 Å². The number of benzene rings is 2. The third-order valence-electron chi connectivity index (χ3n) is 6.19. The van der Waals surface area contributed by atoms with E-state index in [-0.39, 0.29) is 41.7 Å². The summed E-state index contributed by atoms with van der Waals surface area (Å²) in [6.07, 6.45) is 2.80. The molecule has 39 heavy (non-hydrogen) atoms. The average molecular weight is 554 g/mol. The van der Waals surface area contributed by atoms with E-state index in [1.807, 2.05) is 0 Å². The molecule has 1 N–H and O–H groups in total. The lowest BCUT2D eigenvalue weighted by Crippen LogP contribution is -2.31. The van der Waals surface area contributed by atoms with Gasteiger partial charge in [-0.15, -0.1) is 0 Å². The Morgan fingerprint density at radius 1 is 1.08 bits per heavy atom. The predicted octanol–water partition coefficient (Wildman–Crippen LogP) is 2.01. The number of nitro benzene ring substituents is 1. The van der Waals surface area contributed by atoms with Crippen LogP contribution in [0.5, 0.6) is 0 Å². The van der Waals surface area contributed by atoms with E-state index >= 15 is 0 Å². The second-order valence-corrected chi connectivity index (χ2v) is 10.5. The molecule has 0 unspecified atom stereocenters. The maximum atomic E-state index is 12.9. The van der Waals surface area contributed by atoms with Crippen LogP contribution in [0.3, 0.4) is 0 Å². The molecule has 2 aromatic carbocycles. The fourth-order valence-corrected chi connectivity index (χ4v) is 5.52. The molecule has 0 aliphatic rings. The normalized spacial score (nSPS) is 11.7. The van der Waals surface area contributed by atoms with Crippen molar-refractivity contribution in [3.8, 4) is 0 Å². The first-order chi connectivity index (χ1) is 18.6. The maximum absolute atomic E-state index is 12.9. The third kappa shape index (κ3) is 5.86. The zero-order valence-electron chi connectivity index (χ0n) is 21.4. The van der Waals surface area contributed by atoms with Gasteiger partial charge < -0.3 is 5.32 Å². The Bertz CT molecular complexity index is 1660. The largest absolute Gasteiger partial charge is 0.350 e. The van der Waals surface area contributed by atoms with E-state index in [1.165, 1.54) is 62.5 Å². The Kier molecular flexibility index (Phi) is 8.16. The van der Waals surface area contributed by atoms with Crippen molar-refractivity contribution in [3.05, 3.63) is 92.7 Å². The quantitative estimate of drug-likeness (QED) is 0.218. The van der Waals surface area contributed by atoms with E-state index in [4.69, 9.17) is 0 Å². The molecule has 0 bridgehead atoms. The summed E-state index contributed by atoms with van der Waals surface area (Å²) in [5, 5.41) is 18.1. The molecule has 0 atom stereocenters. The number of non-ortho nitro benzene ring substituents is 1. The van der Waals surface area contributed by atoms with Gasteiger partial charge in [0, 0.05) is 37.3 Å². The summed E-state index contributed by atoms with van der Waals surface area (Å²) in [4.78, 5) is 40.3. The van der Waals surface area contributed by atoms with Crippen LogP contribution in [0.4, 0.5) is 5.69 Å². The third-order valence-corrected chi connectivity index (χ3v) is 8.26. The molecule has 0 aliphatic carbocycles. The number of carbonyl (C=O) groups excluding carboxylic acids is 1. The molecule has 204 valence electrons. The maximum Gasteiger partial charge on any atom is 0.269 e. The topological polar surface area (TPSA) is 162 Å². The zero-order chi connectivity index (χ0) is 28.2. The molecule has 0 aliphatic heterocycles. The van der Waals surface area contributed by atoms with E-state index in [2.05, 4.69) is 15.4 Å². The Morgan fingerprint density at radius 2 is 1.74 bits per heavy atom. The minimum absolute atomic E-state index is 0.0340. The van der Waals surface area contributed by atoms with Crippen LogP contribution in [0.1, 0.15) is 29.8 Å². The number of hydrogen-bond donors (Lipinski definition) is 1. The van der Waals surface area contributed by atoms with Crippen LogP contribution in [0.25, 0.3) is 11.0 Å².